The summed E-state index contributed by atoms with van der Waals surface area (Å²) < 4.78 is 16.7. The number of hydrogen-bond acceptors (Lipinski definition) is 6. The van der Waals surface area contributed by atoms with Gasteiger partial charge in [0.1, 0.15) is 13.2 Å². The number of allylic oxidation sites excluding steroid dienone is 4. The van der Waals surface area contributed by atoms with Crippen molar-refractivity contribution >= 4 is 17.9 Å². The third-order valence-corrected chi connectivity index (χ3v) is 10.2. The van der Waals surface area contributed by atoms with Gasteiger partial charge in [0, 0.05) is 19.3 Å². The number of ether oxygens (including phenoxy) is 3. The van der Waals surface area contributed by atoms with Crippen molar-refractivity contribution in [1.29, 1.82) is 0 Å². The summed E-state index contributed by atoms with van der Waals surface area (Å²) in [7, 11) is 0. The molecule has 0 N–H and O–H groups in total. The van der Waals surface area contributed by atoms with Gasteiger partial charge in [0.25, 0.3) is 0 Å². The van der Waals surface area contributed by atoms with Crippen LogP contribution in [0.15, 0.2) is 24.3 Å². The Kier molecular flexibility index (Phi) is 41.9. The lowest BCUT2D eigenvalue weighted by Gasteiger charge is -2.18. The second-order valence-electron chi connectivity index (χ2n) is 15.7. The van der Waals surface area contributed by atoms with E-state index in [1.54, 1.807) is 0 Å². The zero-order valence-electron chi connectivity index (χ0n) is 36.0. The number of hydrogen-bond donors (Lipinski definition) is 0. The fourth-order valence-electron chi connectivity index (χ4n) is 6.65. The zero-order chi connectivity index (χ0) is 39.4. The first-order valence-electron chi connectivity index (χ1n) is 23.3. The maximum atomic E-state index is 12.7. The Morgan fingerprint density at radius 2 is 0.667 bits per heavy atom. The molecule has 6 heteroatoms. The van der Waals surface area contributed by atoms with Gasteiger partial charge in [-0.2, -0.15) is 0 Å². The van der Waals surface area contributed by atoms with Crippen LogP contribution in [0.4, 0.5) is 0 Å². The molecule has 0 saturated heterocycles. The topological polar surface area (TPSA) is 78.9 Å². The standard InChI is InChI=1S/C48H88O6/c1-4-7-10-13-16-19-22-23-24-25-27-29-32-35-38-41-47(50)53-44-45(43-52-46(49)40-37-34-31-28-21-18-15-12-9-6-3)54-48(51)42-39-36-33-30-26-20-17-14-11-8-5-2/h16,19,23-24,45H,4-15,17-18,20-22,25-44H2,1-3H3/b19-16-,24-23-. The number of unbranched alkanes of at least 4 members (excludes halogenated alkanes) is 27. The highest BCUT2D eigenvalue weighted by Gasteiger charge is 2.19. The molecule has 316 valence electrons. The van der Waals surface area contributed by atoms with Crippen molar-refractivity contribution in [3.05, 3.63) is 24.3 Å². The second-order valence-corrected chi connectivity index (χ2v) is 15.7. The van der Waals surface area contributed by atoms with E-state index in [0.717, 1.165) is 77.0 Å². The smallest absolute Gasteiger partial charge is 0.306 e. The Labute approximate surface area is 334 Å². The SMILES string of the molecule is CCCCC/C=C\C/C=C\CCCCCCCC(=O)OCC(COC(=O)CCCCCCCCCCCC)OC(=O)CCCCCCCCCCCCC. The van der Waals surface area contributed by atoms with Crippen LogP contribution < -0.4 is 0 Å². The summed E-state index contributed by atoms with van der Waals surface area (Å²) in [6, 6.07) is 0. The molecule has 0 radical (unpaired) electrons. The second kappa shape index (κ2) is 43.6. The normalized spacial score (nSPS) is 12.1. The Balaban J connectivity index is 4.35. The molecule has 0 bridgehead atoms. The monoisotopic (exact) mass is 761 g/mol. The summed E-state index contributed by atoms with van der Waals surface area (Å²) in [5, 5.41) is 0. The number of carbonyl (C=O) groups is 3. The Morgan fingerprint density at radius 3 is 1.06 bits per heavy atom. The van der Waals surface area contributed by atoms with Gasteiger partial charge in [-0.25, -0.2) is 0 Å². The van der Waals surface area contributed by atoms with Crippen LogP contribution in [0.2, 0.25) is 0 Å². The van der Waals surface area contributed by atoms with Crippen LogP contribution >= 0.6 is 0 Å². The van der Waals surface area contributed by atoms with Gasteiger partial charge in [-0.05, 0) is 51.4 Å². The van der Waals surface area contributed by atoms with E-state index in [2.05, 4.69) is 45.1 Å². The first-order chi connectivity index (χ1) is 26.5. The largest absolute Gasteiger partial charge is 0.462 e. The quantitative estimate of drug-likeness (QED) is 0.0267. The third kappa shape index (κ3) is 41.1. The molecule has 0 rings (SSSR count). The van der Waals surface area contributed by atoms with Gasteiger partial charge in [0.15, 0.2) is 6.10 Å². The van der Waals surface area contributed by atoms with Crippen LogP contribution in [0.5, 0.6) is 0 Å². The molecule has 0 aliphatic rings. The minimum Gasteiger partial charge on any atom is -0.462 e. The van der Waals surface area contributed by atoms with Crippen LogP contribution in [-0.2, 0) is 28.6 Å². The van der Waals surface area contributed by atoms with Gasteiger partial charge < -0.3 is 14.2 Å². The highest BCUT2D eigenvalue weighted by Crippen LogP contribution is 2.15. The molecule has 0 spiro atoms. The first kappa shape index (κ1) is 51.9. The lowest BCUT2D eigenvalue weighted by Crippen LogP contribution is -2.30. The van der Waals surface area contributed by atoms with Crippen LogP contribution in [0.3, 0.4) is 0 Å². The van der Waals surface area contributed by atoms with Crippen molar-refractivity contribution in [3.8, 4) is 0 Å². The average molecular weight is 761 g/mol. The Hall–Kier alpha value is -2.11. The molecule has 54 heavy (non-hydrogen) atoms. The summed E-state index contributed by atoms with van der Waals surface area (Å²) in [5.74, 6) is -0.882. The van der Waals surface area contributed by atoms with Gasteiger partial charge in [-0.3, -0.25) is 14.4 Å². The Morgan fingerprint density at radius 1 is 0.370 bits per heavy atom. The molecule has 0 aliphatic heterocycles. The van der Waals surface area contributed by atoms with E-state index in [9.17, 15) is 14.4 Å². The molecule has 1 atom stereocenters. The van der Waals surface area contributed by atoms with E-state index in [4.69, 9.17) is 14.2 Å². The number of esters is 3. The van der Waals surface area contributed by atoms with E-state index in [1.807, 2.05) is 0 Å². The summed E-state index contributed by atoms with van der Waals surface area (Å²) in [5.41, 5.74) is 0. The summed E-state index contributed by atoms with van der Waals surface area (Å²) in [6.07, 6.45) is 47.2. The van der Waals surface area contributed by atoms with E-state index in [-0.39, 0.29) is 31.1 Å². The van der Waals surface area contributed by atoms with Gasteiger partial charge in [-0.1, -0.05) is 199 Å². The van der Waals surface area contributed by atoms with E-state index in [1.165, 1.54) is 128 Å². The number of carbonyl (C=O) groups excluding carboxylic acids is 3. The van der Waals surface area contributed by atoms with Gasteiger partial charge in [0.2, 0.25) is 0 Å². The van der Waals surface area contributed by atoms with Crippen LogP contribution in [-0.4, -0.2) is 37.2 Å². The molecule has 0 fully saturated rings. The van der Waals surface area contributed by atoms with Crippen molar-refractivity contribution in [3.63, 3.8) is 0 Å². The van der Waals surface area contributed by atoms with Gasteiger partial charge in [-0.15, -0.1) is 0 Å². The average Bonchev–Trinajstić information content (AvgIpc) is 3.17. The lowest BCUT2D eigenvalue weighted by molar-refractivity contribution is -0.167. The fourth-order valence-corrected chi connectivity index (χ4v) is 6.65. The van der Waals surface area contributed by atoms with E-state index < -0.39 is 6.10 Å². The molecule has 0 heterocycles. The van der Waals surface area contributed by atoms with Gasteiger partial charge in [0.05, 0.1) is 0 Å². The highest BCUT2D eigenvalue weighted by molar-refractivity contribution is 5.71. The van der Waals surface area contributed by atoms with Crippen LogP contribution in [0, 0.1) is 0 Å². The lowest BCUT2D eigenvalue weighted by atomic mass is 10.1. The van der Waals surface area contributed by atoms with Gasteiger partial charge >= 0.3 is 17.9 Å². The molecule has 0 aromatic carbocycles. The van der Waals surface area contributed by atoms with Crippen molar-refractivity contribution in [2.75, 3.05) is 13.2 Å². The Bertz CT molecular complexity index is 880. The molecule has 6 nitrogen and oxygen atoms in total. The van der Waals surface area contributed by atoms with Crippen molar-refractivity contribution < 1.29 is 28.6 Å². The molecule has 0 aromatic heterocycles. The van der Waals surface area contributed by atoms with Crippen molar-refractivity contribution in [1.82, 2.24) is 0 Å². The minimum atomic E-state index is -0.768. The highest BCUT2D eigenvalue weighted by atomic mass is 16.6. The summed E-state index contributed by atoms with van der Waals surface area (Å²) in [4.78, 5) is 37.7. The van der Waals surface area contributed by atoms with Crippen molar-refractivity contribution in [2.24, 2.45) is 0 Å². The first-order valence-corrected chi connectivity index (χ1v) is 23.3. The number of rotatable bonds is 42. The maximum absolute atomic E-state index is 12.7. The molecule has 0 aliphatic carbocycles. The summed E-state index contributed by atoms with van der Waals surface area (Å²) in [6.45, 7) is 6.58. The predicted octanol–water partition coefficient (Wildman–Crippen LogP) is 14.8. The van der Waals surface area contributed by atoms with Crippen molar-refractivity contribution in [2.45, 2.75) is 252 Å². The van der Waals surface area contributed by atoms with E-state index in [0.29, 0.717) is 19.3 Å². The predicted molar refractivity (Wildman–Crippen MR) is 229 cm³/mol. The molecular weight excluding hydrogens is 673 g/mol. The molecule has 0 amide bonds. The third-order valence-electron chi connectivity index (χ3n) is 10.2. The van der Waals surface area contributed by atoms with Crippen LogP contribution in [0.25, 0.3) is 0 Å². The molecular formula is C48H88O6. The van der Waals surface area contributed by atoms with Crippen LogP contribution in [0.1, 0.15) is 245 Å². The maximum Gasteiger partial charge on any atom is 0.306 e. The summed E-state index contributed by atoms with van der Waals surface area (Å²) >= 11 is 0. The zero-order valence-corrected chi connectivity index (χ0v) is 36.0. The molecule has 1 unspecified atom stereocenters. The minimum absolute atomic E-state index is 0.0719. The molecule has 0 saturated carbocycles. The van der Waals surface area contributed by atoms with E-state index >= 15 is 0 Å². The fraction of sp³-hybridized carbons (Fsp3) is 0.854. The molecule has 0 aromatic rings.